The number of rotatable bonds is 2. The number of benzene rings is 1. The highest BCUT2D eigenvalue weighted by molar-refractivity contribution is 6.30. The number of hydrogen-bond acceptors (Lipinski definition) is 5. The van der Waals surface area contributed by atoms with Crippen molar-refractivity contribution >= 4 is 23.6 Å². The third-order valence-corrected chi connectivity index (χ3v) is 6.24. The van der Waals surface area contributed by atoms with Crippen LogP contribution in [0.1, 0.15) is 72.5 Å². The van der Waals surface area contributed by atoms with Gasteiger partial charge in [0.15, 0.2) is 0 Å². The molecule has 7 nitrogen and oxygen atoms in total. The predicted molar refractivity (Wildman–Crippen MR) is 122 cm³/mol. The summed E-state index contributed by atoms with van der Waals surface area (Å²) in [6.07, 6.45) is -1.23. The highest BCUT2D eigenvalue weighted by Gasteiger charge is 2.37. The fourth-order valence-electron chi connectivity index (χ4n) is 4.52. The number of likely N-dealkylation sites (tertiary alicyclic amines) is 1. The van der Waals surface area contributed by atoms with Crippen LogP contribution in [0.2, 0.25) is 5.02 Å². The second-order valence-electron chi connectivity index (χ2n) is 9.73. The van der Waals surface area contributed by atoms with Crippen molar-refractivity contribution in [3.05, 3.63) is 57.6 Å². The molecule has 2 aliphatic rings. The molecule has 1 aromatic heterocycles. The van der Waals surface area contributed by atoms with Gasteiger partial charge >= 0.3 is 12.3 Å². The maximum atomic E-state index is 13.1. The van der Waals surface area contributed by atoms with Crippen LogP contribution in [-0.4, -0.2) is 50.5 Å². The van der Waals surface area contributed by atoms with Crippen LogP contribution in [0.4, 0.5) is 18.0 Å². The first-order valence-electron chi connectivity index (χ1n) is 11.3. The Balaban J connectivity index is 1.60. The highest BCUT2D eigenvalue weighted by atomic mass is 35.5. The van der Waals surface area contributed by atoms with Crippen LogP contribution in [0, 0.1) is 0 Å². The van der Waals surface area contributed by atoms with Crippen LogP contribution in [0.15, 0.2) is 24.5 Å². The van der Waals surface area contributed by atoms with Gasteiger partial charge in [0.25, 0.3) is 5.91 Å². The molecule has 0 N–H and O–H groups in total. The highest BCUT2D eigenvalue weighted by Crippen LogP contribution is 2.39. The fraction of sp³-hybridized carbons (Fsp3) is 0.500. The predicted octanol–water partition coefficient (Wildman–Crippen LogP) is 5.42. The summed E-state index contributed by atoms with van der Waals surface area (Å²) in [4.78, 5) is 35.8. The molecule has 2 aromatic rings. The Bertz CT molecular complexity index is 1130. The first-order valence-corrected chi connectivity index (χ1v) is 11.7. The Hall–Kier alpha value is -2.88. The molecule has 0 aliphatic carbocycles. The van der Waals surface area contributed by atoms with Crippen LogP contribution in [0.25, 0.3) is 0 Å². The zero-order chi connectivity index (χ0) is 25.5. The summed E-state index contributed by atoms with van der Waals surface area (Å²) in [6, 6.07) is 3.43. The zero-order valence-electron chi connectivity index (χ0n) is 19.7. The number of carbonyl (C=O) groups is 2. The Morgan fingerprint density at radius 3 is 2.43 bits per heavy atom. The summed E-state index contributed by atoms with van der Waals surface area (Å²) in [6.45, 7) is 6.59. The van der Waals surface area contributed by atoms with Crippen LogP contribution in [-0.2, 0) is 23.9 Å². The topological polar surface area (TPSA) is 75.6 Å². The largest absolute Gasteiger partial charge is 0.451 e. The van der Waals surface area contributed by atoms with Gasteiger partial charge in [-0.1, -0.05) is 11.6 Å². The lowest BCUT2D eigenvalue weighted by Crippen LogP contribution is -2.39. The van der Waals surface area contributed by atoms with E-state index in [1.165, 1.54) is 0 Å². The van der Waals surface area contributed by atoms with E-state index in [0.717, 1.165) is 41.9 Å². The van der Waals surface area contributed by atoms with Crippen molar-refractivity contribution in [3.63, 3.8) is 0 Å². The van der Waals surface area contributed by atoms with E-state index in [4.69, 9.17) is 16.3 Å². The molecular weight excluding hydrogens is 485 g/mol. The monoisotopic (exact) mass is 510 g/mol. The Labute approximate surface area is 206 Å². The maximum Gasteiger partial charge on any atom is 0.451 e. The van der Waals surface area contributed by atoms with Crippen molar-refractivity contribution in [1.29, 1.82) is 0 Å². The average molecular weight is 511 g/mol. The number of nitrogens with zero attached hydrogens (tertiary/aromatic N) is 4. The SMILES string of the molecule is CC(C)(C)OC(=O)N1CCCC1c1cc(Cl)cc2c1CN(C(=O)c1cnc(C(F)(F)F)nc1)CC2. The van der Waals surface area contributed by atoms with Crippen LogP contribution in [0.5, 0.6) is 0 Å². The number of alkyl halides is 3. The zero-order valence-corrected chi connectivity index (χ0v) is 20.4. The summed E-state index contributed by atoms with van der Waals surface area (Å²) in [5.74, 6) is -1.75. The average Bonchev–Trinajstić information content (AvgIpc) is 3.26. The smallest absolute Gasteiger partial charge is 0.444 e. The van der Waals surface area contributed by atoms with E-state index < -0.39 is 29.6 Å². The van der Waals surface area contributed by atoms with Crippen LogP contribution < -0.4 is 0 Å². The second-order valence-corrected chi connectivity index (χ2v) is 10.2. The second kappa shape index (κ2) is 9.29. The molecule has 11 heteroatoms. The number of aromatic nitrogens is 2. The summed E-state index contributed by atoms with van der Waals surface area (Å²) in [5.41, 5.74) is 2.08. The lowest BCUT2D eigenvalue weighted by Gasteiger charge is -2.34. The van der Waals surface area contributed by atoms with E-state index in [1.807, 2.05) is 32.9 Å². The minimum atomic E-state index is -4.68. The Morgan fingerprint density at radius 1 is 1.11 bits per heavy atom. The van der Waals surface area contributed by atoms with Gasteiger partial charge in [0.2, 0.25) is 5.82 Å². The van der Waals surface area contributed by atoms with Gasteiger partial charge in [-0.25, -0.2) is 14.8 Å². The van der Waals surface area contributed by atoms with E-state index >= 15 is 0 Å². The van der Waals surface area contributed by atoms with Crippen molar-refractivity contribution < 1.29 is 27.5 Å². The number of ether oxygens (including phenoxy) is 1. The third kappa shape index (κ3) is 5.52. The molecule has 35 heavy (non-hydrogen) atoms. The number of carbonyl (C=O) groups excluding carboxylic acids is 2. The molecule has 2 amide bonds. The van der Waals surface area contributed by atoms with Gasteiger partial charge in [-0.2, -0.15) is 13.2 Å². The maximum absolute atomic E-state index is 13.1. The number of halogens is 4. The summed E-state index contributed by atoms with van der Waals surface area (Å²) >= 11 is 6.42. The summed E-state index contributed by atoms with van der Waals surface area (Å²) < 4.78 is 43.9. The lowest BCUT2D eigenvalue weighted by atomic mass is 9.90. The molecule has 4 rings (SSSR count). The van der Waals surface area contributed by atoms with E-state index in [9.17, 15) is 22.8 Å². The molecule has 1 saturated heterocycles. The minimum Gasteiger partial charge on any atom is -0.444 e. The molecule has 1 unspecified atom stereocenters. The number of fused-ring (bicyclic) bond motifs is 1. The van der Waals surface area contributed by atoms with Gasteiger partial charge in [-0.15, -0.1) is 0 Å². The number of hydrogen-bond donors (Lipinski definition) is 0. The van der Waals surface area contributed by atoms with Gasteiger partial charge in [-0.3, -0.25) is 4.79 Å². The van der Waals surface area contributed by atoms with E-state index in [2.05, 4.69) is 9.97 Å². The summed E-state index contributed by atoms with van der Waals surface area (Å²) in [7, 11) is 0. The Morgan fingerprint density at radius 2 is 1.80 bits per heavy atom. The van der Waals surface area contributed by atoms with Gasteiger partial charge in [0, 0.05) is 37.1 Å². The van der Waals surface area contributed by atoms with Crippen LogP contribution >= 0.6 is 11.6 Å². The van der Waals surface area contributed by atoms with Gasteiger partial charge in [-0.05, 0) is 68.9 Å². The van der Waals surface area contributed by atoms with Crippen molar-refractivity contribution in [2.24, 2.45) is 0 Å². The van der Waals surface area contributed by atoms with Crippen molar-refractivity contribution in [3.8, 4) is 0 Å². The van der Waals surface area contributed by atoms with Gasteiger partial charge in [0.05, 0.1) is 11.6 Å². The first kappa shape index (κ1) is 25.2. The van der Waals surface area contributed by atoms with E-state index in [0.29, 0.717) is 24.5 Å². The third-order valence-electron chi connectivity index (χ3n) is 6.02. The molecule has 0 bridgehead atoms. The number of amides is 2. The molecule has 0 radical (unpaired) electrons. The molecular formula is C24H26ClF3N4O3. The summed E-state index contributed by atoms with van der Waals surface area (Å²) in [5, 5.41) is 0.547. The van der Waals surface area contributed by atoms with Crippen molar-refractivity contribution in [2.45, 2.75) is 64.4 Å². The normalized spacial score (nSPS) is 18.4. The van der Waals surface area contributed by atoms with Gasteiger partial charge in [0.1, 0.15) is 5.60 Å². The first-order chi connectivity index (χ1) is 16.3. The Kier molecular flexibility index (Phi) is 6.70. The van der Waals surface area contributed by atoms with Crippen LogP contribution in [0.3, 0.4) is 0 Å². The fourth-order valence-corrected chi connectivity index (χ4v) is 4.77. The molecule has 1 aromatic carbocycles. The quantitative estimate of drug-likeness (QED) is 0.539. The van der Waals surface area contributed by atoms with E-state index in [-0.39, 0.29) is 18.2 Å². The molecule has 188 valence electrons. The standard InChI is InChI=1S/C24H26ClF3N4O3/c1-23(2,3)35-22(34)32-7-4-5-19(32)17-10-16(25)9-14-6-8-31(13-18(14)17)20(33)15-11-29-21(30-12-15)24(26,27)28/h9-12,19H,4-8,13H2,1-3H3. The van der Waals surface area contributed by atoms with Crippen molar-refractivity contribution in [2.75, 3.05) is 13.1 Å². The molecule has 0 spiro atoms. The molecule has 1 atom stereocenters. The molecule has 3 heterocycles. The minimum absolute atomic E-state index is 0.0202. The molecule has 0 saturated carbocycles. The van der Waals surface area contributed by atoms with E-state index in [1.54, 1.807) is 9.80 Å². The molecule has 1 fully saturated rings. The van der Waals surface area contributed by atoms with Crippen molar-refractivity contribution in [1.82, 2.24) is 19.8 Å². The van der Waals surface area contributed by atoms with Gasteiger partial charge < -0.3 is 14.5 Å². The molecule has 2 aliphatic heterocycles. The lowest BCUT2D eigenvalue weighted by molar-refractivity contribution is -0.145.